The van der Waals surface area contributed by atoms with E-state index in [0.29, 0.717) is 6.54 Å². The Morgan fingerprint density at radius 2 is 2.25 bits per heavy atom. The van der Waals surface area contributed by atoms with E-state index < -0.39 is 0 Å². The lowest BCUT2D eigenvalue weighted by atomic mass is 10.1. The van der Waals surface area contributed by atoms with Gasteiger partial charge in [0, 0.05) is 17.8 Å². The summed E-state index contributed by atoms with van der Waals surface area (Å²) < 4.78 is 1.96. The van der Waals surface area contributed by atoms with Crippen LogP contribution < -0.4 is 5.73 Å². The average molecular weight is 213 g/mol. The molecule has 82 valence electrons. The maximum atomic E-state index is 8.72. The normalized spacial score (nSPS) is 12.6. The SMILES string of the molecule is CC(N)Cc1ccc2ccn(CC#N)c2c1. The number of benzene rings is 1. The van der Waals surface area contributed by atoms with Crippen molar-refractivity contribution in [2.75, 3.05) is 0 Å². The van der Waals surface area contributed by atoms with Crippen LogP contribution in [0, 0.1) is 11.3 Å². The summed E-state index contributed by atoms with van der Waals surface area (Å²) in [7, 11) is 0. The van der Waals surface area contributed by atoms with Crippen molar-refractivity contribution in [3.8, 4) is 6.07 Å². The summed E-state index contributed by atoms with van der Waals surface area (Å²) in [4.78, 5) is 0. The van der Waals surface area contributed by atoms with Crippen LogP contribution in [0.3, 0.4) is 0 Å². The molecule has 0 fully saturated rings. The quantitative estimate of drug-likeness (QED) is 0.848. The fourth-order valence-corrected chi connectivity index (χ4v) is 1.94. The highest BCUT2D eigenvalue weighted by atomic mass is 14.9. The summed E-state index contributed by atoms with van der Waals surface area (Å²) in [6, 6.07) is 10.7. The van der Waals surface area contributed by atoms with Crippen LogP contribution in [0.25, 0.3) is 10.9 Å². The first-order valence-corrected chi connectivity index (χ1v) is 5.41. The van der Waals surface area contributed by atoms with Gasteiger partial charge in [0.15, 0.2) is 0 Å². The zero-order chi connectivity index (χ0) is 11.5. The molecule has 3 nitrogen and oxygen atoms in total. The van der Waals surface area contributed by atoms with E-state index >= 15 is 0 Å². The highest BCUT2D eigenvalue weighted by Gasteiger charge is 2.03. The van der Waals surface area contributed by atoms with Gasteiger partial charge in [-0.3, -0.25) is 0 Å². The molecule has 0 aliphatic heterocycles. The van der Waals surface area contributed by atoms with Crippen LogP contribution in [0.1, 0.15) is 12.5 Å². The Hall–Kier alpha value is -1.79. The second-order valence-corrected chi connectivity index (χ2v) is 4.18. The van der Waals surface area contributed by atoms with Crippen LogP contribution in [0.5, 0.6) is 0 Å². The minimum absolute atomic E-state index is 0.164. The number of rotatable bonds is 3. The smallest absolute Gasteiger partial charge is 0.110 e. The Bertz CT molecular complexity index is 532. The summed E-state index contributed by atoms with van der Waals surface area (Å²) >= 11 is 0. The molecule has 16 heavy (non-hydrogen) atoms. The summed E-state index contributed by atoms with van der Waals surface area (Å²) in [6.07, 6.45) is 2.82. The van der Waals surface area contributed by atoms with Gasteiger partial charge in [-0.05, 0) is 36.4 Å². The second kappa shape index (κ2) is 4.38. The van der Waals surface area contributed by atoms with E-state index in [-0.39, 0.29) is 6.04 Å². The zero-order valence-corrected chi connectivity index (χ0v) is 9.35. The van der Waals surface area contributed by atoms with Gasteiger partial charge in [0.05, 0.1) is 6.07 Å². The standard InChI is InChI=1S/C13H15N3/c1-10(15)8-11-2-3-12-4-6-16(7-5-14)13(12)9-11/h2-4,6,9-10H,7-8,15H2,1H3. The molecule has 2 rings (SSSR count). The first-order valence-electron chi connectivity index (χ1n) is 5.41. The van der Waals surface area contributed by atoms with Gasteiger partial charge in [-0.2, -0.15) is 5.26 Å². The Labute approximate surface area is 95.1 Å². The number of hydrogen-bond acceptors (Lipinski definition) is 2. The third-order valence-corrected chi connectivity index (χ3v) is 2.64. The molecule has 1 aromatic heterocycles. The summed E-state index contributed by atoms with van der Waals surface area (Å²) in [5.74, 6) is 0. The molecule has 0 amide bonds. The first-order chi connectivity index (χ1) is 7.70. The lowest BCUT2D eigenvalue weighted by Gasteiger charge is -2.06. The van der Waals surface area contributed by atoms with Gasteiger partial charge < -0.3 is 10.3 Å². The van der Waals surface area contributed by atoms with Gasteiger partial charge in [0.2, 0.25) is 0 Å². The lowest BCUT2D eigenvalue weighted by Crippen LogP contribution is -2.17. The molecule has 0 radical (unpaired) electrons. The highest BCUT2D eigenvalue weighted by Crippen LogP contribution is 2.18. The fraction of sp³-hybridized carbons (Fsp3) is 0.308. The van der Waals surface area contributed by atoms with E-state index in [1.807, 2.05) is 23.8 Å². The molecular weight excluding hydrogens is 198 g/mol. The van der Waals surface area contributed by atoms with Gasteiger partial charge in [-0.1, -0.05) is 12.1 Å². The molecule has 1 atom stereocenters. The molecule has 1 heterocycles. The lowest BCUT2D eigenvalue weighted by molar-refractivity contribution is 0.738. The Kier molecular flexibility index (Phi) is 2.93. The summed E-state index contributed by atoms with van der Waals surface area (Å²) in [5, 5.41) is 9.89. The Balaban J connectivity index is 2.42. The van der Waals surface area contributed by atoms with Crippen molar-refractivity contribution < 1.29 is 0 Å². The molecule has 2 N–H and O–H groups in total. The molecular formula is C13H15N3. The molecule has 0 saturated heterocycles. The van der Waals surface area contributed by atoms with E-state index in [9.17, 15) is 0 Å². The minimum atomic E-state index is 0.164. The third kappa shape index (κ3) is 2.07. The van der Waals surface area contributed by atoms with E-state index in [4.69, 9.17) is 11.0 Å². The van der Waals surface area contributed by atoms with Gasteiger partial charge in [0.25, 0.3) is 0 Å². The third-order valence-electron chi connectivity index (χ3n) is 2.64. The van der Waals surface area contributed by atoms with Crippen LogP contribution in [-0.4, -0.2) is 10.6 Å². The van der Waals surface area contributed by atoms with Crippen molar-refractivity contribution >= 4 is 10.9 Å². The predicted molar refractivity (Wildman–Crippen MR) is 64.9 cm³/mol. The van der Waals surface area contributed by atoms with Crippen molar-refractivity contribution in [2.24, 2.45) is 5.73 Å². The van der Waals surface area contributed by atoms with E-state index in [2.05, 4.69) is 24.3 Å². The molecule has 3 heteroatoms. The molecule has 2 aromatic rings. The molecule has 0 spiro atoms. The summed E-state index contributed by atoms with van der Waals surface area (Å²) in [5.41, 5.74) is 8.11. The molecule has 0 bridgehead atoms. The van der Waals surface area contributed by atoms with E-state index in [1.54, 1.807) is 0 Å². The van der Waals surface area contributed by atoms with Crippen LogP contribution in [0.15, 0.2) is 30.5 Å². The Morgan fingerprint density at radius 1 is 1.44 bits per heavy atom. The van der Waals surface area contributed by atoms with Crippen LogP contribution in [0.4, 0.5) is 0 Å². The monoisotopic (exact) mass is 213 g/mol. The maximum absolute atomic E-state index is 8.72. The predicted octanol–water partition coefficient (Wildman–Crippen LogP) is 2.05. The van der Waals surface area contributed by atoms with Gasteiger partial charge in [0.1, 0.15) is 6.54 Å². The minimum Gasteiger partial charge on any atom is -0.334 e. The molecule has 0 aliphatic rings. The molecule has 1 aromatic carbocycles. The summed E-state index contributed by atoms with van der Waals surface area (Å²) in [6.45, 7) is 2.39. The van der Waals surface area contributed by atoms with Crippen LogP contribution in [0.2, 0.25) is 0 Å². The van der Waals surface area contributed by atoms with Crippen LogP contribution in [-0.2, 0) is 13.0 Å². The van der Waals surface area contributed by atoms with Gasteiger partial charge in [-0.25, -0.2) is 0 Å². The topological polar surface area (TPSA) is 54.7 Å². The molecule has 0 aliphatic carbocycles. The number of nitrogens with zero attached hydrogens (tertiary/aromatic N) is 2. The van der Waals surface area contributed by atoms with Crippen molar-refractivity contribution in [1.82, 2.24) is 4.57 Å². The van der Waals surface area contributed by atoms with E-state index in [0.717, 1.165) is 11.9 Å². The number of aromatic nitrogens is 1. The number of hydrogen-bond donors (Lipinski definition) is 1. The Morgan fingerprint density at radius 3 is 2.94 bits per heavy atom. The largest absolute Gasteiger partial charge is 0.334 e. The number of nitrogens with two attached hydrogens (primary N) is 1. The second-order valence-electron chi connectivity index (χ2n) is 4.18. The number of fused-ring (bicyclic) bond motifs is 1. The van der Waals surface area contributed by atoms with Crippen molar-refractivity contribution in [1.29, 1.82) is 5.26 Å². The van der Waals surface area contributed by atoms with Crippen molar-refractivity contribution in [2.45, 2.75) is 25.9 Å². The van der Waals surface area contributed by atoms with Crippen molar-refractivity contribution in [3.05, 3.63) is 36.0 Å². The van der Waals surface area contributed by atoms with Gasteiger partial charge >= 0.3 is 0 Å². The zero-order valence-electron chi connectivity index (χ0n) is 9.35. The maximum Gasteiger partial charge on any atom is 0.110 e. The average Bonchev–Trinajstić information content (AvgIpc) is 2.61. The van der Waals surface area contributed by atoms with Crippen molar-refractivity contribution in [3.63, 3.8) is 0 Å². The molecule has 0 saturated carbocycles. The first kappa shape index (κ1) is 10.7. The highest BCUT2D eigenvalue weighted by molar-refractivity contribution is 5.80. The fourth-order valence-electron chi connectivity index (χ4n) is 1.94. The molecule has 1 unspecified atom stereocenters. The van der Waals surface area contributed by atoms with Gasteiger partial charge in [-0.15, -0.1) is 0 Å². The van der Waals surface area contributed by atoms with Crippen LogP contribution >= 0.6 is 0 Å². The van der Waals surface area contributed by atoms with E-state index in [1.165, 1.54) is 10.9 Å². The number of nitriles is 1.